The summed E-state index contributed by atoms with van der Waals surface area (Å²) in [5.41, 5.74) is 5.18. The van der Waals surface area contributed by atoms with Crippen molar-refractivity contribution in [2.45, 2.75) is 0 Å². The van der Waals surface area contributed by atoms with Crippen LogP contribution in [0.3, 0.4) is 0 Å². The van der Waals surface area contributed by atoms with Crippen molar-refractivity contribution in [3.8, 4) is 0 Å². The fraction of sp³-hybridized carbons (Fsp3) is 0. The second-order valence-electron chi connectivity index (χ2n) is 4.64. The maximum Gasteiger partial charge on any atom is 0.337 e. The largest absolute Gasteiger partial charge is 0.478 e. The van der Waals surface area contributed by atoms with Crippen molar-refractivity contribution < 1.29 is 23.9 Å². The van der Waals surface area contributed by atoms with E-state index in [0.717, 1.165) is 18.2 Å². The third kappa shape index (κ3) is 1.80. The molecule has 1 aliphatic rings. The van der Waals surface area contributed by atoms with E-state index in [9.17, 15) is 18.8 Å². The maximum atomic E-state index is 13.3. The molecule has 3 N–H and O–H groups in total. The molecule has 5 nitrogen and oxygen atoms in total. The van der Waals surface area contributed by atoms with E-state index in [0.29, 0.717) is 0 Å². The van der Waals surface area contributed by atoms with Gasteiger partial charge in [-0.1, -0.05) is 0 Å². The Morgan fingerprint density at radius 3 is 2.19 bits per heavy atom. The Bertz CT molecular complexity index is 842. The lowest BCUT2D eigenvalue weighted by molar-refractivity contribution is 0.0697. The van der Waals surface area contributed by atoms with Crippen LogP contribution in [0.5, 0.6) is 0 Å². The van der Waals surface area contributed by atoms with Crippen molar-refractivity contribution in [1.29, 1.82) is 0 Å². The highest BCUT2D eigenvalue weighted by atomic mass is 19.1. The van der Waals surface area contributed by atoms with Crippen molar-refractivity contribution in [3.05, 3.63) is 64.0 Å². The van der Waals surface area contributed by atoms with Gasteiger partial charge in [-0.25, -0.2) is 9.18 Å². The number of ketones is 2. The summed E-state index contributed by atoms with van der Waals surface area (Å²) in [6.07, 6.45) is 0. The van der Waals surface area contributed by atoms with Gasteiger partial charge in [0.1, 0.15) is 5.82 Å². The van der Waals surface area contributed by atoms with Gasteiger partial charge in [-0.15, -0.1) is 0 Å². The first kappa shape index (κ1) is 13.0. The number of anilines is 1. The Morgan fingerprint density at radius 1 is 0.952 bits per heavy atom. The first-order valence-electron chi connectivity index (χ1n) is 5.96. The predicted molar refractivity (Wildman–Crippen MR) is 71.1 cm³/mol. The van der Waals surface area contributed by atoms with E-state index in [-0.39, 0.29) is 33.5 Å². The Morgan fingerprint density at radius 2 is 1.52 bits per heavy atom. The SMILES string of the molecule is Nc1cc2c(cc1C(=O)O)C(=O)c1cc(F)ccc1C2=O. The summed E-state index contributed by atoms with van der Waals surface area (Å²) >= 11 is 0. The van der Waals surface area contributed by atoms with Gasteiger partial charge < -0.3 is 10.8 Å². The smallest absolute Gasteiger partial charge is 0.337 e. The number of carbonyl (C=O) groups excluding carboxylic acids is 2. The molecule has 0 aliphatic heterocycles. The normalized spacial score (nSPS) is 12.8. The number of carboxylic acid groups (broad SMARTS) is 1. The molecule has 3 rings (SSSR count). The highest BCUT2D eigenvalue weighted by Gasteiger charge is 2.31. The molecule has 0 amide bonds. The van der Waals surface area contributed by atoms with E-state index in [1.807, 2.05) is 0 Å². The van der Waals surface area contributed by atoms with Crippen LogP contribution in [-0.2, 0) is 0 Å². The number of carbonyl (C=O) groups is 3. The minimum absolute atomic E-state index is 0.0293. The molecule has 104 valence electrons. The second-order valence-corrected chi connectivity index (χ2v) is 4.64. The number of aromatic carboxylic acids is 1. The van der Waals surface area contributed by atoms with Gasteiger partial charge in [0, 0.05) is 27.9 Å². The number of carboxylic acids is 1. The van der Waals surface area contributed by atoms with Gasteiger partial charge in [0.25, 0.3) is 0 Å². The Hall–Kier alpha value is -3.02. The van der Waals surface area contributed by atoms with Crippen molar-refractivity contribution in [1.82, 2.24) is 0 Å². The fourth-order valence-electron chi connectivity index (χ4n) is 2.37. The summed E-state index contributed by atoms with van der Waals surface area (Å²) in [5.74, 6) is -3.03. The van der Waals surface area contributed by atoms with Gasteiger partial charge in [-0.05, 0) is 30.3 Å². The van der Waals surface area contributed by atoms with Crippen LogP contribution in [0.4, 0.5) is 10.1 Å². The average Bonchev–Trinajstić information content (AvgIpc) is 2.44. The van der Waals surface area contributed by atoms with Gasteiger partial charge in [0.2, 0.25) is 0 Å². The topological polar surface area (TPSA) is 97.5 Å². The summed E-state index contributed by atoms with van der Waals surface area (Å²) < 4.78 is 13.3. The lowest BCUT2D eigenvalue weighted by Gasteiger charge is -2.18. The van der Waals surface area contributed by atoms with Gasteiger partial charge in [0.05, 0.1) is 5.56 Å². The Kier molecular flexibility index (Phi) is 2.62. The van der Waals surface area contributed by atoms with Crippen molar-refractivity contribution in [3.63, 3.8) is 0 Å². The average molecular weight is 285 g/mol. The number of halogens is 1. The molecule has 0 spiro atoms. The highest BCUT2D eigenvalue weighted by molar-refractivity contribution is 6.29. The van der Waals surface area contributed by atoms with Gasteiger partial charge in [0.15, 0.2) is 11.6 Å². The molecule has 0 heterocycles. The van der Waals surface area contributed by atoms with Crippen molar-refractivity contribution in [2.24, 2.45) is 0 Å². The van der Waals surface area contributed by atoms with E-state index in [2.05, 4.69) is 0 Å². The minimum Gasteiger partial charge on any atom is -0.478 e. The molecule has 21 heavy (non-hydrogen) atoms. The second kappa shape index (κ2) is 4.24. The minimum atomic E-state index is -1.31. The third-order valence-electron chi connectivity index (χ3n) is 3.38. The highest BCUT2D eigenvalue weighted by Crippen LogP contribution is 2.30. The lowest BCUT2D eigenvalue weighted by Crippen LogP contribution is -2.22. The van der Waals surface area contributed by atoms with Crippen LogP contribution in [0.25, 0.3) is 0 Å². The van der Waals surface area contributed by atoms with E-state index >= 15 is 0 Å². The Labute approximate surface area is 117 Å². The van der Waals surface area contributed by atoms with Gasteiger partial charge in [-0.2, -0.15) is 0 Å². The number of nitrogens with two attached hydrogens (primary N) is 1. The first-order valence-corrected chi connectivity index (χ1v) is 5.96. The molecular weight excluding hydrogens is 277 g/mol. The number of nitrogen functional groups attached to an aromatic ring is 1. The van der Waals surface area contributed by atoms with Crippen LogP contribution < -0.4 is 5.73 Å². The fourth-order valence-corrected chi connectivity index (χ4v) is 2.37. The van der Waals surface area contributed by atoms with Crippen LogP contribution in [0.1, 0.15) is 42.2 Å². The molecule has 0 bridgehead atoms. The molecule has 0 aromatic heterocycles. The molecule has 0 saturated heterocycles. The van der Waals surface area contributed by atoms with Gasteiger partial charge in [-0.3, -0.25) is 9.59 Å². The molecule has 0 radical (unpaired) electrons. The monoisotopic (exact) mass is 285 g/mol. The molecule has 0 saturated carbocycles. The lowest BCUT2D eigenvalue weighted by atomic mass is 9.83. The number of hydrogen-bond donors (Lipinski definition) is 2. The van der Waals surface area contributed by atoms with Crippen LogP contribution in [-0.4, -0.2) is 22.6 Å². The summed E-state index contributed by atoms with van der Waals surface area (Å²) in [5, 5.41) is 9.02. The molecule has 0 fully saturated rings. The van der Waals surface area contributed by atoms with E-state index in [4.69, 9.17) is 10.8 Å². The van der Waals surface area contributed by atoms with Crippen LogP contribution >= 0.6 is 0 Å². The molecule has 6 heteroatoms. The summed E-state index contributed by atoms with van der Waals surface area (Å²) in [6.45, 7) is 0. The molecule has 2 aromatic rings. The van der Waals surface area contributed by atoms with Crippen molar-refractivity contribution in [2.75, 3.05) is 5.73 Å². The predicted octanol–water partition coefficient (Wildman–Crippen LogP) is 1.88. The zero-order valence-corrected chi connectivity index (χ0v) is 10.5. The summed E-state index contributed by atoms with van der Waals surface area (Å²) in [4.78, 5) is 35.7. The standard InChI is InChI=1S/C15H8FNO4/c16-6-1-2-7-8(3-6)14(19)9-4-11(15(20)21)12(17)5-10(9)13(7)18/h1-5H,17H2,(H,20,21). The van der Waals surface area contributed by atoms with E-state index in [1.54, 1.807) is 0 Å². The quantitative estimate of drug-likeness (QED) is 0.665. The van der Waals surface area contributed by atoms with Crippen LogP contribution in [0.2, 0.25) is 0 Å². The molecule has 0 unspecified atom stereocenters. The van der Waals surface area contributed by atoms with Crippen LogP contribution in [0, 0.1) is 5.82 Å². The van der Waals surface area contributed by atoms with E-state index < -0.39 is 23.4 Å². The molecule has 1 aliphatic carbocycles. The van der Waals surface area contributed by atoms with E-state index in [1.165, 1.54) is 12.1 Å². The number of rotatable bonds is 1. The Balaban J connectivity index is 2.30. The zero-order chi connectivity index (χ0) is 15.3. The molecular formula is C15H8FNO4. The third-order valence-corrected chi connectivity index (χ3v) is 3.38. The zero-order valence-electron chi connectivity index (χ0n) is 10.5. The van der Waals surface area contributed by atoms with Gasteiger partial charge >= 0.3 is 5.97 Å². The first-order chi connectivity index (χ1) is 9.90. The maximum absolute atomic E-state index is 13.3. The molecule has 2 aromatic carbocycles. The van der Waals surface area contributed by atoms with Crippen LogP contribution in [0.15, 0.2) is 30.3 Å². The number of hydrogen-bond acceptors (Lipinski definition) is 4. The molecule has 0 atom stereocenters. The number of fused-ring (bicyclic) bond motifs is 2. The van der Waals surface area contributed by atoms with Crippen molar-refractivity contribution >= 4 is 23.2 Å². The number of benzene rings is 2. The summed E-state index contributed by atoms with van der Waals surface area (Å²) in [7, 11) is 0. The summed E-state index contributed by atoms with van der Waals surface area (Å²) in [6, 6.07) is 5.51.